The van der Waals surface area contributed by atoms with Gasteiger partial charge in [0, 0.05) is 24.8 Å². The van der Waals surface area contributed by atoms with Gasteiger partial charge in [-0.3, -0.25) is 4.79 Å². The molecular formula is C14H19F3N2O. The van der Waals surface area contributed by atoms with Crippen molar-refractivity contribution in [2.75, 3.05) is 0 Å². The highest BCUT2D eigenvalue weighted by molar-refractivity contribution is 5.13. The van der Waals surface area contributed by atoms with Gasteiger partial charge in [0.2, 0.25) is 0 Å². The molecule has 0 amide bonds. The van der Waals surface area contributed by atoms with E-state index in [0.29, 0.717) is 5.92 Å². The predicted octanol–water partition coefficient (Wildman–Crippen LogP) is 2.77. The first-order chi connectivity index (χ1) is 9.38. The van der Waals surface area contributed by atoms with Crippen molar-refractivity contribution in [3.05, 3.63) is 34.2 Å². The third kappa shape index (κ3) is 3.62. The van der Waals surface area contributed by atoms with Gasteiger partial charge in [0.1, 0.15) is 0 Å². The molecule has 0 aliphatic heterocycles. The number of alkyl halides is 3. The standard InChI is InChI=1S/C14H19F3N2O/c15-14(16,17)11-6-7-13(20)19(8-11)9-12(18)10-4-2-1-3-5-10/h6-8,10,12H,1-5,9,18H2. The molecule has 1 aromatic rings. The minimum absolute atomic E-state index is 0.146. The molecule has 1 aliphatic rings. The normalized spacial score (nSPS) is 19.0. The van der Waals surface area contributed by atoms with E-state index < -0.39 is 17.3 Å². The van der Waals surface area contributed by atoms with E-state index in [9.17, 15) is 18.0 Å². The molecule has 0 saturated heterocycles. The topological polar surface area (TPSA) is 48.0 Å². The number of hydrogen-bond donors (Lipinski definition) is 1. The Morgan fingerprint density at radius 2 is 1.90 bits per heavy atom. The second-order valence-corrected chi connectivity index (χ2v) is 5.47. The summed E-state index contributed by atoms with van der Waals surface area (Å²) < 4.78 is 39.0. The Labute approximate surface area is 115 Å². The van der Waals surface area contributed by atoms with Crippen LogP contribution in [0.25, 0.3) is 0 Å². The summed E-state index contributed by atoms with van der Waals surface area (Å²) >= 11 is 0. The summed E-state index contributed by atoms with van der Waals surface area (Å²) in [4.78, 5) is 11.7. The van der Waals surface area contributed by atoms with Gasteiger partial charge in [0.25, 0.3) is 5.56 Å². The monoisotopic (exact) mass is 288 g/mol. The number of hydrogen-bond acceptors (Lipinski definition) is 2. The Morgan fingerprint density at radius 1 is 1.25 bits per heavy atom. The Bertz CT molecular complexity index is 504. The van der Waals surface area contributed by atoms with Crippen LogP contribution in [-0.4, -0.2) is 10.6 Å². The summed E-state index contributed by atoms with van der Waals surface area (Å²) in [5.74, 6) is 0.296. The summed E-state index contributed by atoms with van der Waals surface area (Å²) in [7, 11) is 0. The van der Waals surface area contributed by atoms with Crippen LogP contribution in [0, 0.1) is 5.92 Å². The number of pyridine rings is 1. The zero-order chi connectivity index (χ0) is 14.8. The number of nitrogens with two attached hydrogens (primary N) is 1. The summed E-state index contributed by atoms with van der Waals surface area (Å²) in [5, 5.41) is 0. The number of nitrogens with zero attached hydrogens (tertiary/aromatic N) is 1. The average molecular weight is 288 g/mol. The van der Waals surface area contributed by atoms with Gasteiger partial charge in [-0.25, -0.2) is 0 Å². The number of rotatable bonds is 3. The van der Waals surface area contributed by atoms with Crippen LogP contribution in [0.2, 0.25) is 0 Å². The van der Waals surface area contributed by atoms with E-state index in [2.05, 4.69) is 0 Å². The van der Waals surface area contributed by atoms with E-state index in [-0.39, 0.29) is 12.6 Å². The van der Waals surface area contributed by atoms with E-state index >= 15 is 0 Å². The van der Waals surface area contributed by atoms with Gasteiger partial charge < -0.3 is 10.3 Å². The van der Waals surface area contributed by atoms with E-state index in [4.69, 9.17) is 5.73 Å². The van der Waals surface area contributed by atoms with Crippen molar-refractivity contribution < 1.29 is 13.2 Å². The van der Waals surface area contributed by atoms with Gasteiger partial charge >= 0.3 is 6.18 Å². The van der Waals surface area contributed by atoms with Crippen molar-refractivity contribution in [2.45, 2.75) is 50.9 Å². The number of halogens is 3. The van der Waals surface area contributed by atoms with Crippen LogP contribution < -0.4 is 11.3 Å². The van der Waals surface area contributed by atoms with E-state index in [1.54, 1.807) is 0 Å². The third-order valence-corrected chi connectivity index (χ3v) is 3.97. The minimum Gasteiger partial charge on any atom is -0.326 e. The zero-order valence-corrected chi connectivity index (χ0v) is 11.2. The van der Waals surface area contributed by atoms with Gasteiger partial charge in [-0.15, -0.1) is 0 Å². The fourth-order valence-electron chi connectivity index (χ4n) is 2.78. The van der Waals surface area contributed by atoms with Crippen molar-refractivity contribution >= 4 is 0 Å². The lowest BCUT2D eigenvalue weighted by atomic mass is 9.84. The molecule has 1 unspecified atom stereocenters. The maximum Gasteiger partial charge on any atom is 0.417 e. The predicted molar refractivity (Wildman–Crippen MR) is 70.3 cm³/mol. The molecule has 0 aromatic carbocycles. The highest BCUT2D eigenvalue weighted by atomic mass is 19.4. The first-order valence-corrected chi connectivity index (χ1v) is 6.91. The molecule has 3 nitrogen and oxygen atoms in total. The van der Waals surface area contributed by atoms with Crippen LogP contribution in [-0.2, 0) is 12.7 Å². The lowest BCUT2D eigenvalue weighted by Gasteiger charge is -2.28. The first kappa shape index (κ1) is 15.1. The molecule has 1 aliphatic carbocycles. The maximum absolute atomic E-state index is 12.6. The van der Waals surface area contributed by atoms with Crippen LogP contribution >= 0.6 is 0 Å². The van der Waals surface area contributed by atoms with Crippen molar-refractivity contribution in [1.29, 1.82) is 0 Å². The average Bonchev–Trinajstić information content (AvgIpc) is 2.41. The van der Waals surface area contributed by atoms with Crippen molar-refractivity contribution in [3.63, 3.8) is 0 Å². The second kappa shape index (κ2) is 5.99. The summed E-state index contributed by atoms with van der Waals surface area (Å²) in [6, 6.07) is 1.50. The Balaban J connectivity index is 2.13. The van der Waals surface area contributed by atoms with E-state index in [1.165, 1.54) is 6.42 Å². The first-order valence-electron chi connectivity index (χ1n) is 6.91. The minimum atomic E-state index is -4.44. The fraction of sp³-hybridized carbons (Fsp3) is 0.643. The van der Waals surface area contributed by atoms with E-state index in [0.717, 1.165) is 48.6 Å². The van der Waals surface area contributed by atoms with Crippen LogP contribution in [0.15, 0.2) is 23.1 Å². The van der Waals surface area contributed by atoms with Crippen molar-refractivity contribution in [3.8, 4) is 0 Å². The summed E-state index contributed by atoms with van der Waals surface area (Å²) in [5.41, 5.74) is 4.81. The molecule has 6 heteroatoms. The van der Waals surface area contributed by atoms with Crippen LogP contribution in [0.4, 0.5) is 13.2 Å². The summed E-state index contributed by atoms with van der Waals surface area (Å²) in [6.45, 7) is 0.146. The molecule has 1 heterocycles. The van der Waals surface area contributed by atoms with Gasteiger partial charge in [0.05, 0.1) is 5.56 Å². The van der Waals surface area contributed by atoms with E-state index in [1.807, 2.05) is 0 Å². The lowest BCUT2D eigenvalue weighted by molar-refractivity contribution is -0.138. The molecule has 20 heavy (non-hydrogen) atoms. The molecule has 0 spiro atoms. The van der Waals surface area contributed by atoms with Crippen LogP contribution in [0.1, 0.15) is 37.7 Å². The van der Waals surface area contributed by atoms with Gasteiger partial charge in [0.15, 0.2) is 0 Å². The van der Waals surface area contributed by atoms with Crippen LogP contribution in [0.5, 0.6) is 0 Å². The lowest BCUT2D eigenvalue weighted by Crippen LogP contribution is -2.38. The molecule has 0 bridgehead atoms. The Kier molecular flexibility index (Phi) is 4.52. The summed E-state index contributed by atoms with van der Waals surface area (Å²) in [6.07, 6.45) is 1.82. The highest BCUT2D eigenvalue weighted by Gasteiger charge is 2.31. The largest absolute Gasteiger partial charge is 0.417 e. The highest BCUT2D eigenvalue weighted by Crippen LogP contribution is 2.29. The molecule has 1 fully saturated rings. The zero-order valence-electron chi connectivity index (χ0n) is 11.2. The Hall–Kier alpha value is -1.30. The SMILES string of the molecule is NC(Cn1cc(C(F)(F)F)ccc1=O)C1CCCCC1. The molecule has 0 radical (unpaired) electrons. The third-order valence-electron chi connectivity index (χ3n) is 3.97. The van der Waals surface area contributed by atoms with Gasteiger partial charge in [-0.05, 0) is 24.8 Å². The van der Waals surface area contributed by atoms with Gasteiger partial charge in [-0.1, -0.05) is 19.3 Å². The smallest absolute Gasteiger partial charge is 0.326 e. The molecule has 2 rings (SSSR count). The van der Waals surface area contributed by atoms with Crippen molar-refractivity contribution in [1.82, 2.24) is 4.57 Å². The fourth-order valence-corrected chi connectivity index (χ4v) is 2.78. The molecule has 1 saturated carbocycles. The molecular weight excluding hydrogens is 269 g/mol. The van der Waals surface area contributed by atoms with Crippen LogP contribution in [0.3, 0.4) is 0 Å². The molecule has 1 atom stereocenters. The maximum atomic E-state index is 12.6. The molecule has 112 valence electrons. The van der Waals surface area contributed by atoms with Crippen molar-refractivity contribution in [2.24, 2.45) is 11.7 Å². The van der Waals surface area contributed by atoms with Gasteiger partial charge in [-0.2, -0.15) is 13.2 Å². The quantitative estimate of drug-likeness (QED) is 0.929. The molecule has 1 aromatic heterocycles. The molecule has 2 N–H and O–H groups in total. The second-order valence-electron chi connectivity index (χ2n) is 5.47. The Morgan fingerprint density at radius 3 is 2.50 bits per heavy atom. The number of aromatic nitrogens is 1.